The number of aromatic nitrogens is 2. The molecular formula is C26H26N4O5. The molecular weight excluding hydrogens is 448 g/mol. The minimum absolute atomic E-state index is 0.0167. The molecule has 9 nitrogen and oxygen atoms in total. The van der Waals surface area contributed by atoms with Crippen molar-refractivity contribution in [2.45, 2.75) is 31.2 Å². The number of hydrogen-bond acceptors (Lipinski definition) is 5. The van der Waals surface area contributed by atoms with Crippen molar-refractivity contribution < 1.29 is 24.2 Å². The summed E-state index contributed by atoms with van der Waals surface area (Å²) < 4.78 is 6.95. The molecule has 1 aromatic heterocycles. The number of aryl methyl sites for hydroxylation is 1. The van der Waals surface area contributed by atoms with Crippen LogP contribution in [0.2, 0.25) is 0 Å². The smallest absolute Gasteiger partial charge is 0.407 e. The summed E-state index contributed by atoms with van der Waals surface area (Å²) >= 11 is 0. The van der Waals surface area contributed by atoms with Crippen LogP contribution in [-0.2, 0) is 16.6 Å². The number of carboxylic acids is 1. The van der Waals surface area contributed by atoms with E-state index in [0.29, 0.717) is 0 Å². The van der Waals surface area contributed by atoms with Crippen molar-refractivity contribution in [1.29, 1.82) is 0 Å². The van der Waals surface area contributed by atoms with Crippen LogP contribution in [-0.4, -0.2) is 45.5 Å². The van der Waals surface area contributed by atoms with Crippen LogP contribution >= 0.6 is 0 Å². The fourth-order valence-electron chi connectivity index (χ4n) is 4.76. The molecule has 0 spiro atoms. The Hall–Kier alpha value is -4.14. The number of fused-ring (bicyclic) bond motifs is 3. The van der Waals surface area contributed by atoms with E-state index in [0.717, 1.165) is 35.1 Å². The van der Waals surface area contributed by atoms with Gasteiger partial charge < -0.3 is 20.5 Å². The molecule has 35 heavy (non-hydrogen) atoms. The number of carboxylic acid groups (broad SMARTS) is 1. The Labute approximate surface area is 202 Å². The number of amides is 2. The lowest BCUT2D eigenvalue weighted by atomic mass is 9.98. The SMILES string of the molecule is Cn1cc(NC(=O)CC(NC(=O)OCC2c3ccccc3-c3ccccc32)C2CC2)c(C(=O)O)n1. The van der Waals surface area contributed by atoms with Crippen molar-refractivity contribution in [3.63, 3.8) is 0 Å². The third-order valence-corrected chi connectivity index (χ3v) is 6.55. The van der Waals surface area contributed by atoms with E-state index in [1.54, 1.807) is 7.05 Å². The number of hydrogen-bond donors (Lipinski definition) is 3. The van der Waals surface area contributed by atoms with Gasteiger partial charge >= 0.3 is 12.1 Å². The standard InChI is InChI=1S/C26H26N4O5/c1-30-13-22(24(29-30)25(32)33)27-23(31)12-21(15-10-11-15)28-26(34)35-14-20-18-8-4-2-6-16(18)17-7-3-5-9-19(17)20/h2-9,13,15,20-21H,10-12,14H2,1H3,(H,27,31)(H,28,34)(H,32,33). The first-order valence-electron chi connectivity index (χ1n) is 11.6. The van der Waals surface area contributed by atoms with E-state index >= 15 is 0 Å². The second-order valence-corrected chi connectivity index (χ2v) is 9.04. The van der Waals surface area contributed by atoms with Crippen LogP contribution < -0.4 is 10.6 Å². The van der Waals surface area contributed by atoms with Gasteiger partial charge in [0.05, 0.1) is 5.69 Å². The largest absolute Gasteiger partial charge is 0.476 e. The third-order valence-electron chi connectivity index (χ3n) is 6.55. The molecule has 0 bridgehead atoms. The van der Waals surface area contributed by atoms with Gasteiger partial charge in [0.15, 0.2) is 5.69 Å². The van der Waals surface area contributed by atoms with Gasteiger partial charge in [0.2, 0.25) is 5.91 Å². The summed E-state index contributed by atoms with van der Waals surface area (Å²) in [4.78, 5) is 36.7. The van der Waals surface area contributed by atoms with Gasteiger partial charge in [-0.3, -0.25) is 9.48 Å². The summed E-state index contributed by atoms with van der Waals surface area (Å²) in [5, 5.41) is 18.6. The highest BCUT2D eigenvalue weighted by Crippen LogP contribution is 2.44. The highest BCUT2D eigenvalue weighted by molar-refractivity contribution is 5.99. The number of alkyl carbamates (subject to hydrolysis) is 1. The first kappa shape index (κ1) is 22.6. The zero-order valence-electron chi connectivity index (χ0n) is 19.2. The van der Waals surface area contributed by atoms with E-state index < -0.39 is 24.0 Å². The Morgan fingerprint density at radius 2 is 1.71 bits per heavy atom. The summed E-state index contributed by atoms with van der Waals surface area (Å²) in [7, 11) is 1.58. The maximum atomic E-state index is 12.7. The summed E-state index contributed by atoms with van der Waals surface area (Å²) in [6.45, 7) is 0.196. The molecule has 3 aromatic rings. The molecule has 2 aliphatic carbocycles. The van der Waals surface area contributed by atoms with Crippen molar-refractivity contribution in [3.8, 4) is 11.1 Å². The van der Waals surface area contributed by atoms with E-state index in [1.165, 1.54) is 10.9 Å². The van der Waals surface area contributed by atoms with Crippen molar-refractivity contribution in [2.24, 2.45) is 13.0 Å². The van der Waals surface area contributed by atoms with Crippen molar-refractivity contribution in [3.05, 3.63) is 71.5 Å². The average molecular weight is 475 g/mol. The molecule has 0 saturated heterocycles. The molecule has 1 unspecified atom stereocenters. The van der Waals surface area contributed by atoms with E-state index in [-0.39, 0.29) is 36.2 Å². The van der Waals surface area contributed by atoms with Gasteiger partial charge in [0.1, 0.15) is 6.61 Å². The van der Waals surface area contributed by atoms with E-state index in [9.17, 15) is 19.5 Å². The van der Waals surface area contributed by atoms with Gasteiger partial charge in [-0.05, 0) is 41.0 Å². The maximum Gasteiger partial charge on any atom is 0.407 e. The predicted octanol–water partition coefficient (Wildman–Crippen LogP) is 3.76. The Bertz CT molecular complexity index is 1250. The van der Waals surface area contributed by atoms with Gasteiger partial charge in [0, 0.05) is 31.6 Å². The number of aromatic carboxylic acids is 1. The molecule has 5 rings (SSSR count). The van der Waals surface area contributed by atoms with Crippen LogP contribution in [0.15, 0.2) is 54.7 Å². The number of carbonyl (C=O) groups excluding carboxylic acids is 2. The molecule has 2 amide bonds. The second-order valence-electron chi connectivity index (χ2n) is 9.04. The van der Waals surface area contributed by atoms with Crippen LogP contribution in [0.4, 0.5) is 10.5 Å². The van der Waals surface area contributed by atoms with Gasteiger partial charge in [-0.15, -0.1) is 0 Å². The Morgan fingerprint density at radius 3 is 2.31 bits per heavy atom. The first-order chi connectivity index (χ1) is 16.9. The summed E-state index contributed by atoms with van der Waals surface area (Å²) in [6.07, 6.45) is 2.71. The summed E-state index contributed by atoms with van der Waals surface area (Å²) in [5.41, 5.74) is 4.46. The zero-order valence-corrected chi connectivity index (χ0v) is 19.2. The Kier molecular flexibility index (Phi) is 5.98. The van der Waals surface area contributed by atoms with Crippen LogP contribution in [0.3, 0.4) is 0 Å². The topological polar surface area (TPSA) is 123 Å². The van der Waals surface area contributed by atoms with Crippen molar-refractivity contribution in [1.82, 2.24) is 15.1 Å². The first-order valence-corrected chi connectivity index (χ1v) is 11.6. The van der Waals surface area contributed by atoms with Crippen LogP contribution in [0.25, 0.3) is 11.1 Å². The van der Waals surface area contributed by atoms with Crippen molar-refractivity contribution in [2.75, 3.05) is 11.9 Å². The van der Waals surface area contributed by atoms with Crippen molar-refractivity contribution >= 4 is 23.7 Å². The molecule has 1 fully saturated rings. The van der Waals surface area contributed by atoms with Gasteiger partial charge in [0.25, 0.3) is 0 Å². The maximum absolute atomic E-state index is 12.7. The summed E-state index contributed by atoms with van der Waals surface area (Å²) in [6, 6.07) is 15.8. The van der Waals surface area contributed by atoms with E-state index in [4.69, 9.17) is 4.74 Å². The Morgan fingerprint density at radius 1 is 1.09 bits per heavy atom. The highest BCUT2D eigenvalue weighted by Gasteiger charge is 2.35. The average Bonchev–Trinajstić information content (AvgIpc) is 3.55. The lowest BCUT2D eigenvalue weighted by Crippen LogP contribution is -2.40. The normalized spacial score (nSPS) is 15.1. The number of benzene rings is 2. The molecule has 2 aromatic carbocycles. The van der Waals surface area contributed by atoms with Gasteiger partial charge in [-0.25, -0.2) is 9.59 Å². The molecule has 0 aliphatic heterocycles. The fraction of sp³-hybridized carbons (Fsp3) is 0.308. The molecule has 180 valence electrons. The molecule has 9 heteroatoms. The predicted molar refractivity (Wildman–Crippen MR) is 128 cm³/mol. The highest BCUT2D eigenvalue weighted by atomic mass is 16.5. The van der Waals surface area contributed by atoms with Gasteiger partial charge in [-0.1, -0.05) is 48.5 Å². The van der Waals surface area contributed by atoms with Crippen LogP contribution in [0.5, 0.6) is 0 Å². The zero-order chi connectivity index (χ0) is 24.5. The quantitative estimate of drug-likeness (QED) is 0.457. The molecule has 2 aliphatic rings. The second kappa shape index (κ2) is 9.25. The van der Waals surface area contributed by atoms with E-state index in [1.807, 2.05) is 24.3 Å². The minimum Gasteiger partial charge on any atom is -0.476 e. The van der Waals surface area contributed by atoms with Gasteiger partial charge in [-0.2, -0.15) is 5.10 Å². The number of nitrogens with one attached hydrogen (secondary N) is 2. The monoisotopic (exact) mass is 474 g/mol. The molecule has 1 atom stereocenters. The number of rotatable bonds is 8. The van der Waals surface area contributed by atoms with Crippen LogP contribution in [0.1, 0.15) is 46.8 Å². The van der Waals surface area contributed by atoms with E-state index in [2.05, 4.69) is 40.0 Å². The number of carbonyl (C=O) groups is 3. The minimum atomic E-state index is -1.23. The molecule has 1 saturated carbocycles. The molecule has 1 heterocycles. The summed E-state index contributed by atoms with van der Waals surface area (Å²) in [5.74, 6) is -1.47. The number of nitrogens with zero attached hydrogens (tertiary/aromatic N) is 2. The lowest BCUT2D eigenvalue weighted by molar-refractivity contribution is -0.116. The van der Waals surface area contributed by atoms with Crippen LogP contribution in [0, 0.1) is 5.92 Å². The Balaban J connectivity index is 1.21. The lowest BCUT2D eigenvalue weighted by Gasteiger charge is -2.19. The number of ether oxygens (including phenoxy) is 1. The number of anilines is 1. The molecule has 0 radical (unpaired) electrons. The third kappa shape index (κ3) is 4.75. The fourth-order valence-corrected chi connectivity index (χ4v) is 4.76. The molecule has 3 N–H and O–H groups in total.